The van der Waals surface area contributed by atoms with Crippen molar-refractivity contribution in [3.63, 3.8) is 0 Å². The van der Waals surface area contributed by atoms with Gasteiger partial charge >= 0.3 is 0 Å². The van der Waals surface area contributed by atoms with E-state index in [0.29, 0.717) is 12.1 Å². The molecular weight excluding hydrogens is 226 g/mol. The summed E-state index contributed by atoms with van der Waals surface area (Å²) in [5.41, 5.74) is 0. The number of ether oxygens (including phenoxy) is 2. The Kier molecular flexibility index (Phi) is 9.54. The second-order valence-corrected chi connectivity index (χ2v) is 5.31. The van der Waals surface area contributed by atoms with Gasteiger partial charge in [-0.25, -0.2) is 0 Å². The van der Waals surface area contributed by atoms with Gasteiger partial charge in [0.15, 0.2) is 0 Å². The summed E-state index contributed by atoms with van der Waals surface area (Å²) in [7, 11) is 1.75. The Labute approximate surface area is 113 Å². The minimum atomic E-state index is 0.411. The summed E-state index contributed by atoms with van der Waals surface area (Å²) < 4.78 is 11.2. The molecule has 0 bridgehead atoms. The lowest BCUT2D eigenvalue weighted by Crippen LogP contribution is -2.42. The molecular formula is C15H31NO2. The van der Waals surface area contributed by atoms with Gasteiger partial charge in [0, 0.05) is 26.4 Å². The third-order valence-electron chi connectivity index (χ3n) is 3.68. The van der Waals surface area contributed by atoms with E-state index in [9.17, 15) is 0 Å². The molecule has 1 saturated carbocycles. The highest BCUT2D eigenvalue weighted by Crippen LogP contribution is 2.20. The second kappa shape index (κ2) is 10.8. The summed E-state index contributed by atoms with van der Waals surface area (Å²) in [5.74, 6) is 0. The zero-order valence-corrected chi connectivity index (χ0v) is 12.2. The maximum absolute atomic E-state index is 6.09. The lowest BCUT2D eigenvalue weighted by molar-refractivity contribution is 0.00487. The summed E-state index contributed by atoms with van der Waals surface area (Å²) in [6, 6.07) is 0.563. The fourth-order valence-corrected chi connectivity index (χ4v) is 2.65. The molecule has 0 aromatic rings. The predicted octanol–water partition coefficient (Wildman–Crippen LogP) is 3.13. The molecule has 0 heterocycles. The molecule has 3 nitrogen and oxygen atoms in total. The highest BCUT2D eigenvalue weighted by Gasteiger charge is 2.22. The molecule has 0 aliphatic heterocycles. The first-order chi connectivity index (χ1) is 8.88. The Hall–Kier alpha value is -0.120. The van der Waals surface area contributed by atoms with Gasteiger partial charge in [-0.1, -0.05) is 32.6 Å². The Morgan fingerprint density at radius 2 is 1.83 bits per heavy atom. The molecule has 0 amide bonds. The fraction of sp³-hybridized carbons (Fsp3) is 1.00. The van der Waals surface area contributed by atoms with Crippen molar-refractivity contribution in [1.29, 1.82) is 0 Å². The Morgan fingerprint density at radius 3 is 2.56 bits per heavy atom. The van der Waals surface area contributed by atoms with Crippen molar-refractivity contribution in [1.82, 2.24) is 5.32 Å². The molecule has 1 aliphatic rings. The summed E-state index contributed by atoms with van der Waals surface area (Å²) >= 11 is 0. The molecule has 0 saturated heterocycles. The van der Waals surface area contributed by atoms with Crippen LogP contribution < -0.4 is 5.32 Å². The number of methoxy groups -OCH3 is 1. The Bertz CT molecular complexity index is 185. The molecule has 1 fully saturated rings. The van der Waals surface area contributed by atoms with Crippen LogP contribution >= 0.6 is 0 Å². The average molecular weight is 257 g/mol. The molecule has 0 radical (unpaired) electrons. The maximum Gasteiger partial charge on any atom is 0.0728 e. The van der Waals surface area contributed by atoms with Gasteiger partial charge in [0.2, 0.25) is 0 Å². The van der Waals surface area contributed by atoms with E-state index in [2.05, 4.69) is 12.2 Å². The molecule has 0 aromatic heterocycles. The van der Waals surface area contributed by atoms with Gasteiger partial charge in [-0.15, -0.1) is 0 Å². The van der Waals surface area contributed by atoms with Crippen LogP contribution in [-0.4, -0.2) is 39.0 Å². The molecule has 1 N–H and O–H groups in total. The monoisotopic (exact) mass is 257 g/mol. The zero-order valence-electron chi connectivity index (χ0n) is 12.2. The van der Waals surface area contributed by atoms with E-state index in [1.54, 1.807) is 7.11 Å². The van der Waals surface area contributed by atoms with Gasteiger partial charge in [-0.2, -0.15) is 0 Å². The van der Waals surface area contributed by atoms with Crippen LogP contribution in [0.5, 0.6) is 0 Å². The van der Waals surface area contributed by atoms with Crippen LogP contribution in [0.1, 0.15) is 58.3 Å². The summed E-state index contributed by atoms with van der Waals surface area (Å²) in [4.78, 5) is 0. The molecule has 1 aliphatic carbocycles. The smallest absolute Gasteiger partial charge is 0.0728 e. The average Bonchev–Trinajstić information content (AvgIpc) is 2.36. The van der Waals surface area contributed by atoms with Crippen molar-refractivity contribution < 1.29 is 9.47 Å². The summed E-state index contributed by atoms with van der Waals surface area (Å²) in [5, 5.41) is 3.67. The van der Waals surface area contributed by atoms with Crippen LogP contribution in [0.4, 0.5) is 0 Å². The SMILES string of the molecule is CCCNC1CCCCCCC1OCCCOC. The molecule has 108 valence electrons. The molecule has 2 atom stereocenters. The topological polar surface area (TPSA) is 30.5 Å². The van der Waals surface area contributed by atoms with Crippen LogP contribution in [0.2, 0.25) is 0 Å². The van der Waals surface area contributed by atoms with Crippen molar-refractivity contribution >= 4 is 0 Å². The van der Waals surface area contributed by atoms with Gasteiger partial charge in [-0.3, -0.25) is 0 Å². The third kappa shape index (κ3) is 6.72. The van der Waals surface area contributed by atoms with E-state index in [1.165, 1.54) is 44.9 Å². The van der Waals surface area contributed by atoms with Gasteiger partial charge in [0.1, 0.15) is 0 Å². The lowest BCUT2D eigenvalue weighted by atomic mass is 9.94. The molecule has 1 rings (SSSR count). The third-order valence-corrected chi connectivity index (χ3v) is 3.68. The van der Waals surface area contributed by atoms with Gasteiger partial charge < -0.3 is 14.8 Å². The first-order valence-electron chi connectivity index (χ1n) is 7.72. The molecule has 2 unspecified atom stereocenters. The number of hydrogen-bond donors (Lipinski definition) is 1. The van der Waals surface area contributed by atoms with E-state index < -0.39 is 0 Å². The van der Waals surface area contributed by atoms with Crippen molar-refractivity contribution in [2.75, 3.05) is 26.9 Å². The van der Waals surface area contributed by atoms with Gasteiger partial charge in [0.25, 0.3) is 0 Å². The van der Waals surface area contributed by atoms with Gasteiger partial charge in [-0.05, 0) is 32.2 Å². The van der Waals surface area contributed by atoms with Crippen LogP contribution in [0.15, 0.2) is 0 Å². The van der Waals surface area contributed by atoms with Crippen molar-refractivity contribution in [3.05, 3.63) is 0 Å². The largest absolute Gasteiger partial charge is 0.385 e. The number of hydrogen-bond acceptors (Lipinski definition) is 3. The van der Waals surface area contributed by atoms with Crippen LogP contribution in [-0.2, 0) is 9.47 Å². The van der Waals surface area contributed by atoms with E-state index in [1.807, 2.05) is 0 Å². The van der Waals surface area contributed by atoms with Crippen LogP contribution in [0.25, 0.3) is 0 Å². The summed E-state index contributed by atoms with van der Waals surface area (Å²) in [6.07, 6.45) is 10.5. The first-order valence-corrected chi connectivity index (χ1v) is 7.72. The van der Waals surface area contributed by atoms with Crippen molar-refractivity contribution in [2.24, 2.45) is 0 Å². The summed E-state index contributed by atoms with van der Waals surface area (Å²) in [6.45, 7) is 4.98. The highest BCUT2D eigenvalue weighted by atomic mass is 16.5. The lowest BCUT2D eigenvalue weighted by Gasteiger charge is -2.30. The van der Waals surface area contributed by atoms with E-state index in [4.69, 9.17) is 9.47 Å². The van der Waals surface area contributed by atoms with Crippen molar-refractivity contribution in [3.8, 4) is 0 Å². The van der Waals surface area contributed by atoms with E-state index in [-0.39, 0.29) is 0 Å². The number of rotatable bonds is 8. The van der Waals surface area contributed by atoms with E-state index in [0.717, 1.165) is 26.2 Å². The normalized spacial score (nSPS) is 25.7. The Morgan fingerprint density at radius 1 is 1.06 bits per heavy atom. The first kappa shape index (κ1) is 15.9. The van der Waals surface area contributed by atoms with Crippen molar-refractivity contribution in [2.45, 2.75) is 70.4 Å². The number of nitrogens with one attached hydrogen (secondary N) is 1. The maximum atomic E-state index is 6.09. The Balaban J connectivity index is 2.33. The second-order valence-electron chi connectivity index (χ2n) is 5.31. The quantitative estimate of drug-likeness (QED) is 0.678. The minimum absolute atomic E-state index is 0.411. The standard InChI is InChI=1S/C15H31NO2/c1-3-11-16-14-9-6-4-5-7-10-15(14)18-13-8-12-17-2/h14-16H,3-13H2,1-2H3. The predicted molar refractivity (Wildman–Crippen MR) is 76.0 cm³/mol. The van der Waals surface area contributed by atoms with Crippen LogP contribution in [0.3, 0.4) is 0 Å². The zero-order chi connectivity index (χ0) is 13.1. The molecule has 0 aromatic carbocycles. The highest BCUT2D eigenvalue weighted by molar-refractivity contribution is 4.79. The molecule has 18 heavy (non-hydrogen) atoms. The van der Waals surface area contributed by atoms with E-state index >= 15 is 0 Å². The van der Waals surface area contributed by atoms with Gasteiger partial charge in [0.05, 0.1) is 6.10 Å². The van der Waals surface area contributed by atoms with Crippen LogP contribution in [0, 0.1) is 0 Å². The minimum Gasteiger partial charge on any atom is -0.385 e. The fourth-order valence-electron chi connectivity index (χ4n) is 2.65. The molecule has 3 heteroatoms. The molecule has 0 spiro atoms.